The fourth-order valence-corrected chi connectivity index (χ4v) is 3.17. The largest absolute Gasteiger partial charge is 0.462 e. The number of esters is 1. The summed E-state index contributed by atoms with van der Waals surface area (Å²) in [6, 6.07) is 11.8. The van der Waals surface area contributed by atoms with E-state index in [0.29, 0.717) is 23.5 Å². The van der Waals surface area contributed by atoms with Crippen LogP contribution >= 0.6 is 11.6 Å². The summed E-state index contributed by atoms with van der Waals surface area (Å²) >= 11 is 6.17. The monoisotopic (exact) mass is 412 g/mol. The van der Waals surface area contributed by atoms with Crippen LogP contribution in [0.3, 0.4) is 0 Å². The molecule has 2 aromatic carbocycles. The van der Waals surface area contributed by atoms with Crippen molar-refractivity contribution in [3.05, 3.63) is 69.9 Å². The van der Waals surface area contributed by atoms with Crippen LogP contribution in [-0.4, -0.2) is 24.4 Å². The van der Waals surface area contributed by atoms with Crippen molar-refractivity contribution in [2.75, 3.05) is 16.8 Å². The van der Waals surface area contributed by atoms with E-state index in [0.717, 1.165) is 22.4 Å². The van der Waals surface area contributed by atoms with Gasteiger partial charge in [-0.25, -0.2) is 9.69 Å². The Hall–Kier alpha value is -3.12. The SMILES string of the molecule is CCCOC(=O)c1ccc(N2C(=O)C(Cl)=C(Nc3ccc(C)cc3C)C2=O)cc1. The molecule has 0 radical (unpaired) electrons. The number of halogens is 1. The molecule has 0 atom stereocenters. The zero-order chi connectivity index (χ0) is 21.1. The predicted molar refractivity (Wildman–Crippen MR) is 112 cm³/mol. The number of hydrogen-bond acceptors (Lipinski definition) is 5. The molecule has 0 fully saturated rings. The summed E-state index contributed by atoms with van der Waals surface area (Å²) in [7, 11) is 0. The van der Waals surface area contributed by atoms with Crippen molar-refractivity contribution in [2.45, 2.75) is 27.2 Å². The minimum atomic E-state index is -0.620. The summed E-state index contributed by atoms with van der Waals surface area (Å²) in [5, 5.41) is 2.80. The molecule has 0 bridgehead atoms. The van der Waals surface area contributed by atoms with Gasteiger partial charge in [-0.15, -0.1) is 0 Å². The van der Waals surface area contributed by atoms with E-state index < -0.39 is 17.8 Å². The maximum atomic E-state index is 12.9. The Morgan fingerprint density at radius 2 is 1.76 bits per heavy atom. The first-order valence-electron chi connectivity index (χ1n) is 9.23. The van der Waals surface area contributed by atoms with Gasteiger partial charge in [-0.3, -0.25) is 9.59 Å². The van der Waals surface area contributed by atoms with Gasteiger partial charge in [0.15, 0.2) is 0 Å². The molecule has 6 nitrogen and oxygen atoms in total. The van der Waals surface area contributed by atoms with Gasteiger partial charge >= 0.3 is 5.97 Å². The highest BCUT2D eigenvalue weighted by atomic mass is 35.5. The normalized spacial score (nSPS) is 13.9. The van der Waals surface area contributed by atoms with E-state index in [-0.39, 0.29) is 10.7 Å². The average Bonchev–Trinajstić information content (AvgIpc) is 2.91. The Labute approximate surface area is 174 Å². The summed E-state index contributed by atoms with van der Waals surface area (Å²) in [6.45, 7) is 6.11. The first-order chi connectivity index (χ1) is 13.8. The summed E-state index contributed by atoms with van der Waals surface area (Å²) in [5.74, 6) is -1.63. The van der Waals surface area contributed by atoms with Crippen LogP contribution < -0.4 is 10.2 Å². The number of nitrogens with one attached hydrogen (secondary N) is 1. The van der Waals surface area contributed by atoms with Crippen LogP contribution in [0.1, 0.15) is 34.8 Å². The standard InChI is InChI=1S/C22H21ClN2O4/c1-4-11-29-22(28)15-6-8-16(9-7-15)25-20(26)18(23)19(21(25)27)24-17-10-5-13(2)12-14(17)3/h5-10,12,24H,4,11H2,1-3H3. The lowest BCUT2D eigenvalue weighted by Crippen LogP contribution is -2.32. The first-order valence-corrected chi connectivity index (χ1v) is 9.61. The molecule has 0 saturated carbocycles. The maximum Gasteiger partial charge on any atom is 0.338 e. The van der Waals surface area contributed by atoms with Crippen molar-refractivity contribution >= 4 is 40.8 Å². The molecule has 0 aromatic heterocycles. The lowest BCUT2D eigenvalue weighted by molar-refractivity contribution is -0.120. The Bertz CT molecular complexity index is 1010. The number of amides is 2. The Morgan fingerprint density at radius 3 is 2.38 bits per heavy atom. The van der Waals surface area contributed by atoms with Crippen LogP contribution in [0.5, 0.6) is 0 Å². The van der Waals surface area contributed by atoms with Gasteiger partial charge in [0.25, 0.3) is 11.8 Å². The van der Waals surface area contributed by atoms with Gasteiger partial charge in [0.05, 0.1) is 17.9 Å². The molecular formula is C22H21ClN2O4. The summed E-state index contributed by atoms with van der Waals surface area (Å²) in [5.41, 5.74) is 3.39. The Balaban J connectivity index is 1.81. The second-order valence-electron chi connectivity index (χ2n) is 6.76. The van der Waals surface area contributed by atoms with Gasteiger partial charge in [0, 0.05) is 5.69 Å². The van der Waals surface area contributed by atoms with Crippen LogP contribution in [0.15, 0.2) is 53.2 Å². The summed E-state index contributed by atoms with van der Waals surface area (Å²) < 4.78 is 5.08. The van der Waals surface area contributed by atoms with Gasteiger partial charge in [-0.1, -0.05) is 36.2 Å². The molecule has 3 rings (SSSR count). The van der Waals surface area contributed by atoms with Crippen LogP contribution in [0.25, 0.3) is 0 Å². The summed E-state index contributed by atoms with van der Waals surface area (Å²) in [4.78, 5) is 38.4. The lowest BCUT2D eigenvalue weighted by Gasteiger charge is -2.16. The van der Waals surface area contributed by atoms with Crippen LogP contribution in [0.4, 0.5) is 11.4 Å². The van der Waals surface area contributed by atoms with Crippen LogP contribution in [0.2, 0.25) is 0 Å². The highest BCUT2D eigenvalue weighted by Gasteiger charge is 2.39. The highest BCUT2D eigenvalue weighted by molar-refractivity contribution is 6.53. The van der Waals surface area contributed by atoms with Gasteiger partial charge in [0.1, 0.15) is 10.7 Å². The Kier molecular flexibility index (Phi) is 6.03. The summed E-state index contributed by atoms with van der Waals surface area (Å²) in [6.07, 6.45) is 0.723. The second-order valence-corrected chi connectivity index (χ2v) is 7.14. The zero-order valence-corrected chi connectivity index (χ0v) is 17.2. The van der Waals surface area contributed by atoms with Crippen molar-refractivity contribution in [1.82, 2.24) is 0 Å². The number of aryl methyl sites for hydroxylation is 2. The molecular weight excluding hydrogens is 392 g/mol. The van der Waals surface area contributed by atoms with Crippen molar-refractivity contribution in [3.8, 4) is 0 Å². The van der Waals surface area contributed by atoms with E-state index in [4.69, 9.17) is 16.3 Å². The van der Waals surface area contributed by atoms with E-state index >= 15 is 0 Å². The number of imide groups is 1. The number of hydrogen-bond donors (Lipinski definition) is 1. The molecule has 7 heteroatoms. The molecule has 0 saturated heterocycles. The molecule has 2 aromatic rings. The maximum absolute atomic E-state index is 12.9. The minimum absolute atomic E-state index is 0.0232. The van der Waals surface area contributed by atoms with Gasteiger partial charge in [-0.05, 0) is 56.2 Å². The molecule has 1 aliphatic heterocycles. The first kappa shape index (κ1) is 20.6. The van der Waals surface area contributed by atoms with E-state index in [2.05, 4.69) is 5.32 Å². The number of carbonyl (C=O) groups is 3. The highest BCUT2D eigenvalue weighted by Crippen LogP contribution is 2.31. The van der Waals surface area contributed by atoms with E-state index in [1.165, 1.54) is 24.3 Å². The number of anilines is 2. The number of rotatable bonds is 6. The fourth-order valence-electron chi connectivity index (χ4n) is 2.96. The number of benzene rings is 2. The van der Waals surface area contributed by atoms with Crippen LogP contribution in [-0.2, 0) is 14.3 Å². The number of ether oxygens (including phenoxy) is 1. The van der Waals surface area contributed by atoms with Gasteiger partial charge < -0.3 is 10.1 Å². The van der Waals surface area contributed by atoms with Crippen LogP contribution in [0, 0.1) is 13.8 Å². The van der Waals surface area contributed by atoms with E-state index in [1.807, 2.05) is 39.0 Å². The molecule has 0 unspecified atom stereocenters. The fraction of sp³-hybridized carbons (Fsp3) is 0.227. The third-order valence-corrected chi connectivity index (χ3v) is 4.82. The van der Waals surface area contributed by atoms with Crippen molar-refractivity contribution in [2.24, 2.45) is 0 Å². The molecule has 0 spiro atoms. The third kappa shape index (κ3) is 4.17. The van der Waals surface area contributed by atoms with E-state index in [1.54, 1.807) is 0 Å². The smallest absolute Gasteiger partial charge is 0.338 e. The number of carbonyl (C=O) groups excluding carboxylic acids is 3. The van der Waals surface area contributed by atoms with Gasteiger partial charge in [-0.2, -0.15) is 0 Å². The Morgan fingerprint density at radius 1 is 1.07 bits per heavy atom. The predicted octanol–water partition coefficient (Wildman–Crippen LogP) is 4.31. The quantitative estimate of drug-likeness (QED) is 0.565. The molecule has 29 heavy (non-hydrogen) atoms. The lowest BCUT2D eigenvalue weighted by atomic mass is 10.1. The molecule has 1 heterocycles. The molecule has 0 aliphatic carbocycles. The average molecular weight is 413 g/mol. The number of nitrogens with zero attached hydrogens (tertiary/aromatic N) is 1. The molecule has 150 valence electrons. The molecule has 1 aliphatic rings. The molecule has 2 amide bonds. The van der Waals surface area contributed by atoms with E-state index in [9.17, 15) is 14.4 Å². The zero-order valence-electron chi connectivity index (χ0n) is 16.4. The minimum Gasteiger partial charge on any atom is -0.462 e. The van der Waals surface area contributed by atoms with Crippen molar-refractivity contribution < 1.29 is 19.1 Å². The topological polar surface area (TPSA) is 75.7 Å². The van der Waals surface area contributed by atoms with Crippen molar-refractivity contribution in [3.63, 3.8) is 0 Å². The second kappa shape index (κ2) is 8.49. The molecule has 1 N–H and O–H groups in total. The third-order valence-electron chi connectivity index (χ3n) is 4.47. The van der Waals surface area contributed by atoms with Gasteiger partial charge in [0.2, 0.25) is 0 Å². The van der Waals surface area contributed by atoms with Crippen molar-refractivity contribution in [1.29, 1.82) is 0 Å².